The van der Waals surface area contributed by atoms with Crippen molar-refractivity contribution in [2.24, 2.45) is 5.73 Å². The van der Waals surface area contributed by atoms with Crippen LogP contribution in [0, 0.1) is 0 Å². The lowest BCUT2D eigenvalue weighted by Crippen LogP contribution is -2.43. The molecule has 1 aliphatic carbocycles. The van der Waals surface area contributed by atoms with Crippen LogP contribution in [0.1, 0.15) is 37.8 Å². The van der Waals surface area contributed by atoms with Gasteiger partial charge in [-0.05, 0) is 12.8 Å². The van der Waals surface area contributed by atoms with Gasteiger partial charge in [0.1, 0.15) is 0 Å². The van der Waals surface area contributed by atoms with Crippen molar-refractivity contribution in [3.63, 3.8) is 0 Å². The number of thiazole rings is 1. The summed E-state index contributed by atoms with van der Waals surface area (Å²) < 4.78 is 0. The summed E-state index contributed by atoms with van der Waals surface area (Å²) in [5, 5.41) is 2.11. The second kappa shape index (κ2) is 3.76. The predicted octanol–water partition coefficient (Wildman–Crippen LogP) is 2.35. The van der Waals surface area contributed by atoms with Crippen LogP contribution < -0.4 is 5.73 Å². The Labute approximate surface area is 83.2 Å². The highest BCUT2D eigenvalue weighted by molar-refractivity contribution is 7.07. The van der Waals surface area contributed by atoms with Gasteiger partial charge < -0.3 is 5.73 Å². The molecule has 2 rings (SSSR count). The molecule has 1 heterocycles. The molecule has 0 atom stereocenters. The van der Waals surface area contributed by atoms with Crippen LogP contribution in [0.5, 0.6) is 0 Å². The minimum Gasteiger partial charge on any atom is -0.325 e. The van der Waals surface area contributed by atoms with Gasteiger partial charge in [0.25, 0.3) is 0 Å². The van der Waals surface area contributed by atoms with E-state index in [0.717, 1.165) is 6.42 Å². The molecule has 0 bridgehead atoms. The average Bonchev–Trinajstić information content (AvgIpc) is 2.57. The summed E-state index contributed by atoms with van der Waals surface area (Å²) in [6.45, 7) is 0. The molecule has 72 valence electrons. The molecule has 0 saturated heterocycles. The molecule has 0 amide bonds. The number of rotatable bonds is 2. The van der Waals surface area contributed by atoms with E-state index >= 15 is 0 Å². The van der Waals surface area contributed by atoms with E-state index < -0.39 is 0 Å². The molecule has 0 aromatic carbocycles. The molecule has 0 radical (unpaired) electrons. The maximum atomic E-state index is 6.31. The molecule has 3 heteroatoms. The molecule has 0 unspecified atom stereocenters. The first kappa shape index (κ1) is 9.16. The van der Waals surface area contributed by atoms with Crippen LogP contribution in [0.15, 0.2) is 10.9 Å². The van der Waals surface area contributed by atoms with Crippen LogP contribution in [0.2, 0.25) is 0 Å². The van der Waals surface area contributed by atoms with Crippen molar-refractivity contribution in [2.45, 2.75) is 44.1 Å². The molecule has 1 aromatic rings. The lowest BCUT2D eigenvalue weighted by Gasteiger charge is -2.32. The Bertz CT molecular complexity index is 250. The van der Waals surface area contributed by atoms with Crippen LogP contribution in [0.25, 0.3) is 0 Å². The van der Waals surface area contributed by atoms with E-state index in [-0.39, 0.29) is 5.54 Å². The fourth-order valence-electron chi connectivity index (χ4n) is 2.12. The number of aromatic nitrogens is 1. The van der Waals surface area contributed by atoms with E-state index in [9.17, 15) is 0 Å². The normalized spacial score (nSPS) is 21.6. The molecule has 2 N–H and O–H groups in total. The van der Waals surface area contributed by atoms with Gasteiger partial charge in [-0.3, -0.25) is 0 Å². The summed E-state index contributed by atoms with van der Waals surface area (Å²) >= 11 is 1.66. The second-order valence-electron chi connectivity index (χ2n) is 4.08. The summed E-state index contributed by atoms with van der Waals surface area (Å²) in [5.41, 5.74) is 9.43. The van der Waals surface area contributed by atoms with Crippen molar-refractivity contribution < 1.29 is 0 Å². The summed E-state index contributed by atoms with van der Waals surface area (Å²) in [4.78, 5) is 4.29. The molecule has 13 heavy (non-hydrogen) atoms. The third kappa shape index (κ3) is 2.29. The topological polar surface area (TPSA) is 38.9 Å². The van der Waals surface area contributed by atoms with Crippen LogP contribution >= 0.6 is 11.3 Å². The van der Waals surface area contributed by atoms with Gasteiger partial charge in [-0.25, -0.2) is 4.98 Å². The number of hydrogen-bond acceptors (Lipinski definition) is 3. The van der Waals surface area contributed by atoms with Crippen molar-refractivity contribution in [1.82, 2.24) is 4.98 Å². The van der Waals surface area contributed by atoms with E-state index in [1.807, 2.05) is 5.51 Å². The molecule has 1 fully saturated rings. The van der Waals surface area contributed by atoms with Crippen molar-refractivity contribution >= 4 is 11.3 Å². The Morgan fingerprint density at radius 3 is 2.77 bits per heavy atom. The quantitative estimate of drug-likeness (QED) is 0.788. The zero-order chi connectivity index (χ0) is 9.15. The van der Waals surface area contributed by atoms with Gasteiger partial charge in [0.2, 0.25) is 0 Å². The first-order valence-corrected chi connectivity index (χ1v) is 5.89. The Balaban J connectivity index is 1.99. The highest BCUT2D eigenvalue weighted by atomic mass is 32.1. The number of nitrogens with zero attached hydrogens (tertiary/aromatic N) is 1. The molecular formula is C10H16N2S. The van der Waals surface area contributed by atoms with Gasteiger partial charge in [0, 0.05) is 17.3 Å². The van der Waals surface area contributed by atoms with Crippen LogP contribution in [0.3, 0.4) is 0 Å². The minimum atomic E-state index is 0.0479. The average molecular weight is 196 g/mol. The smallest absolute Gasteiger partial charge is 0.0794 e. The summed E-state index contributed by atoms with van der Waals surface area (Å²) in [5.74, 6) is 0. The SMILES string of the molecule is NC1(Cc2cscn2)CCCCC1. The zero-order valence-corrected chi connectivity index (χ0v) is 8.65. The van der Waals surface area contributed by atoms with Crippen LogP contribution in [-0.4, -0.2) is 10.5 Å². The van der Waals surface area contributed by atoms with E-state index in [1.165, 1.54) is 37.8 Å². The molecule has 1 aliphatic rings. The molecule has 2 nitrogen and oxygen atoms in total. The van der Waals surface area contributed by atoms with Crippen molar-refractivity contribution in [3.8, 4) is 0 Å². The highest BCUT2D eigenvalue weighted by Gasteiger charge is 2.27. The zero-order valence-electron chi connectivity index (χ0n) is 7.83. The van der Waals surface area contributed by atoms with Gasteiger partial charge in [-0.1, -0.05) is 19.3 Å². The maximum absolute atomic E-state index is 6.31. The Morgan fingerprint density at radius 1 is 1.38 bits per heavy atom. The highest BCUT2D eigenvalue weighted by Crippen LogP contribution is 2.28. The van der Waals surface area contributed by atoms with Crippen molar-refractivity contribution in [2.75, 3.05) is 0 Å². The number of nitrogens with two attached hydrogens (primary N) is 1. The van der Waals surface area contributed by atoms with Crippen LogP contribution in [-0.2, 0) is 6.42 Å². The first-order chi connectivity index (χ1) is 6.29. The van der Waals surface area contributed by atoms with Gasteiger partial charge in [-0.2, -0.15) is 0 Å². The largest absolute Gasteiger partial charge is 0.325 e. The molecule has 0 aliphatic heterocycles. The van der Waals surface area contributed by atoms with Gasteiger partial charge in [0.05, 0.1) is 11.2 Å². The minimum absolute atomic E-state index is 0.0479. The summed E-state index contributed by atoms with van der Waals surface area (Å²) in [6.07, 6.45) is 7.25. The lowest BCUT2D eigenvalue weighted by atomic mass is 9.79. The standard InChI is InChI=1S/C10H16N2S/c11-10(4-2-1-3-5-10)6-9-7-13-8-12-9/h7-8H,1-6,11H2. The molecule has 1 saturated carbocycles. The summed E-state index contributed by atoms with van der Waals surface area (Å²) in [7, 11) is 0. The van der Waals surface area contributed by atoms with E-state index in [4.69, 9.17) is 5.73 Å². The van der Waals surface area contributed by atoms with Gasteiger partial charge in [0.15, 0.2) is 0 Å². The number of hydrogen-bond donors (Lipinski definition) is 1. The van der Waals surface area contributed by atoms with Crippen molar-refractivity contribution in [3.05, 3.63) is 16.6 Å². The third-order valence-corrected chi connectivity index (χ3v) is 3.50. The fraction of sp³-hybridized carbons (Fsp3) is 0.700. The van der Waals surface area contributed by atoms with Crippen LogP contribution in [0.4, 0.5) is 0 Å². The molecular weight excluding hydrogens is 180 g/mol. The molecule has 1 aromatic heterocycles. The predicted molar refractivity (Wildman–Crippen MR) is 55.8 cm³/mol. The molecule has 0 spiro atoms. The third-order valence-electron chi connectivity index (χ3n) is 2.87. The Morgan fingerprint density at radius 2 is 2.15 bits per heavy atom. The Kier molecular flexibility index (Phi) is 2.65. The van der Waals surface area contributed by atoms with Gasteiger partial charge in [-0.15, -0.1) is 11.3 Å². The fourth-order valence-corrected chi connectivity index (χ4v) is 2.68. The maximum Gasteiger partial charge on any atom is 0.0794 e. The first-order valence-electron chi connectivity index (χ1n) is 4.94. The lowest BCUT2D eigenvalue weighted by molar-refractivity contribution is 0.292. The van der Waals surface area contributed by atoms with Gasteiger partial charge >= 0.3 is 0 Å². The monoisotopic (exact) mass is 196 g/mol. The van der Waals surface area contributed by atoms with Crippen molar-refractivity contribution in [1.29, 1.82) is 0 Å². The second-order valence-corrected chi connectivity index (χ2v) is 4.80. The van der Waals surface area contributed by atoms with E-state index in [1.54, 1.807) is 11.3 Å². The summed E-state index contributed by atoms with van der Waals surface area (Å²) in [6, 6.07) is 0. The van der Waals surface area contributed by atoms with E-state index in [2.05, 4.69) is 10.4 Å². The Hall–Kier alpha value is -0.410. The van der Waals surface area contributed by atoms with E-state index in [0.29, 0.717) is 0 Å².